The maximum Gasteiger partial charge on any atom is 0.182 e. The molecule has 0 radical (unpaired) electrons. The Bertz CT molecular complexity index is 357. The summed E-state index contributed by atoms with van der Waals surface area (Å²) in [4.78, 5) is 23.4. The molecule has 0 aromatic carbocycles. The van der Waals surface area contributed by atoms with E-state index in [0.717, 1.165) is 6.42 Å². The van der Waals surface area contributed by atoms with Crippen molar-refractivity contribution in [3.8, 4) is 0 Å². The zero-order valence-corrected chi connectivity index (χ0v) is 9.89. The molecule has 0 fully saturated rings. The van der Waals surface area contributed by atoms with E-state index in [1.54, 1.807) is 19.1 Å². The van der Waals surface area contributed by atoms with Gasteiger partial charge in [-0.25, -0.2) is 0 Å². The fourth-order valence-corrected chi connectivity index (χ4v) is 2.14. The molecule has 0 atom stereocenters. The van der Waals surface area contributed by atoms with Crippen LogP contribution >= 0.6 is 0 Å². The second-order valence-electron chi connectivity index (χ2n) is 4.67. The second kappa shape index (κ2) is 4.13. The lowest BCUT2D eigenvalue weighted by molar-refractivity contribution is -0.119. The molecule has 1 aliphatic carbocycles. The third-order valence-electron chi connectivity index (χ3n) is 3.01. The quantitative estimate of drug-likeness (QED) is 0.651. The van der Waals surface area contributed by atoms with Gasteiger partial charge in [-0.2, -0.15) is 0 Å². The number of hydrogen-bond donors (Lipinski definition) is 0. The number of carbonyl (C=O) groups excluding carboxylic acids is 2. The van der Waals surface area contributed by atoms with Crippen molar-refractivity contribution < 1.29 is 9.59 Å². The minimum atomic E-state index is -0.172. The molecule has 82 valence electrons. The van der Waals surface area contributed by atoms with Crippen LogP contribution in [0, 0.1) is 5.41 Å². The number of rotatable bonds is 2. The fraction of sp³-hybridized carbons (Fsp3) is 0.538. The summed E-state index contributed by atoms with van der Waals surface area (Å²) < 4.78 is 0. The molecule has 0 heterocycles. The van der Waals surface area contributed by atoms with Crippen LogP contribution in [0.5, 0.6) is 0 Å². The largest absolute Gasteiger partial charge is 0.295 e. The molecule has 0 saturated carbocycles. The topological polar surface area (TPSA) is 34.1 Å². The number of ketones is 2. The predicted molar refractivity (Wildman–Crippen MR) is 60.5 cm³/mol. The predicted octanol–water partition coefficient (Wildman–Crippen LogP) is 2.84. The Morgan fingerprint density at radius 3 is 2.53 bits per heavy atom. The SMILES string of the molecule is C/C=C/C(=O)C1=C(C)C(=O)CCC1(C)C. The van der Waals surface area contributed by atoms with Crippen molar-refractivity contribution in [1.82, 2.24) is 0 Å². The first-order chi connectivity index (χ1) is 6.90. The van der Waals surface area contributed by atoms with E-state index in [1.807, 2.05) is 20.8 Å². The Labute approximate surface area is 91.1 Å². The number of hydrogen-bond acceptors (Lipinski definition) is 2. The summed E-state index contributed by atoms with van der Waals surface area (Å²) in [6.45, 7) is 7.63. The van der Waals surface area contributed by atoms with Gasteiger partial charge in [0, 0.05) is 12.0 Å². The summed E-state index contributed by atoms with van der Waals surface area (Å²) in [6.07, 6.45) is 4.59. The van der Waals surface area contributed by atoms with E-state index < -0.39 is 0 Å². The van der Waals surface area contributed by atoms with Gasteiger partial charge < -0.3 is 0 Å². The van der Waals surface area contributed by atoms with E-state index in [1.165, 1.54) is 0 Å². The highest BCUT2D eigenvalue weighted by Gasteiger charge is 2.35. The van der Waals surface area contributed by atoms with E-state index in [4.69, 9.17) is 0 Å². The van der Waals surface area contributed by atoms with E-state index in [9.17, 15) is 9.59 Å². The number of allylic oxidation sites excluding steroid dienone is 4. The Morgan fingerprint density at radius 2 is 2.00 bits per heavy atom. The molecule has 15 heavy (non-hydrogen) atoms. The van der Waals surface area contributed by atoms with Crippen molar-refractivity contribution >= 4 is 11.6 Å². The van der Waals surface area contributed by atoms with Crippen LogP contribution < -0.4 is 0 Å². The zero-order chi connectivity index (χ0) is 11.6. The van der Waals surface area contributed by atoms with Crippen molar-refractivity contribution in [1.29, 1.82) is 0 Å². The Kier molecular flexibility index (Phi) is 3.28. The van der Waals surface area contributed by atoms with Gasteiger partial charge in [0.05, 0.1) is 0 Å². The van der Waals surface area contributed by atoms with Crippen LogP contribution in [0.4, 0.5) is 0 Å². The van der Waals surface area contributed by atoms with Crippen molar-refractivity contribution in [2.45, 2.75) is 40.5 Å². The van der Waals surface area contributed by atoms with Crippen molar-refractivity contribution in [2.24, 2.45) is 5.41 Å². The highest BCUT2D eigenvalue weighted by molar-refractivity contribution is 6.12. The molecule has 1 aliphatic rings. The summed E-state index contributed by atoms with van der Waals surface area (Å²) in [7, 11) is 0. The van der Waals surface area contributed by atoms with Crippen LogP contribution in [0.2, 0.25) is 0 Å². The van der Waals surface area contributed by atoms with Crippen molar-refractivity contribution in [3.63, 3.8) is 0 Å². The smallest absolute Gasteiger partial charge is 0.182 e. The van der Waals surface area contributed by atoms with Gasteiger partial charge in [0.1, 0.15) is 0 Å². The average molecular weight is 206 g/mol. The number of Topliss-reactive ketones (excluding diaryl/α,β-unsaturated/α-hetero) is 1. The van der Waals surface area contributed by atoms with E-state index in [-0.39, 0.29) is 17.0 Å². The third-order valence-corrected chi connectivity index (χ3v) is 3.01. The van der Waals surface area contributed by atoms with Gasteiger partial charge in [-0.15, -0.1) is 0 Å². The Hall–Kier alpha value is -1.18. The molecule has 0 aromatic rings. The molecule has 0 unspecified atom stereocenters. The van der Waals surface area contributed by atoms with Crippen LogP contribution in [-0.2, 0) is 9.59 Å². The van der Waals surface area contributed by atoms with Gasteiger partial charge in [0.2, 0.25) is 0 Å². The van der Waals surface area contributed by atoms with Crippen LogP contribution in [-0.4, -0.2) is 11.6 Å². The summed E-state index contributed by atoms with van der Waals surface area (Å²) in [5.41, 5.74) is 1.17. The molecule has 0 saturated heterocycles. The maximum atomic E-state index is 11.9. The minimum absolute atomic E-state index is 0.0203. The first kappa shape index (κ1) is 11.9. The monoisotopic (exact) mass is 206 g/mol. The lowest BCUT2D eigenvalue weighted by Gasteiger charge is -2.32. The molecule has 0 amide bonds. The molecule has 0 N–H and O–H groups in total. The molecular formula is C13H18O2. The Balaban J connectivity index is 3.24. The third kappa shape index (κ3) is 2.25. The normalized spacial score (nSPS) is 21.2. The molecule has 2 nitrogen and oxygen atoms in total. The lowest BCUT2D eigenvalue weighted by atomic mass is 9.71. The van der Waals surface area contributed by atoms with E-state index in [0.29, 0.717) is 17.6 Å². The van der Waals surface area contributed by atoms with E-state index >= 15 is 0 Å². The number of carbonyl (C=O) groups is 2. The van der Waals surface area contributed by atoms with Gasteiger partial charge in [-0.3, -0.25) is 9.59 Å². The molecular weight excluding hydrogens is 188 g/mol. The first-order valence-corrected chi connectivity index (χ1v) is 5.31. The van der Waals surface area contributed by atoms with Gasteiger partial charge in [-0.05, 0) is 37.3 Å². The standard InChI is InChI=1S/C13H18O2/c1-5-6-11(15)12-9(2)10(14)7-8-13(12,3)4/h5-6H,7-8H2,1-4H3/b6-5+. The molecule has 0 aromatic heterocycles. The van der Waals surface area contributed by atoms with Gasteiger partial charge >= 0.3 is 0 Å². The lowest BCUT2D eigenvalue weighted by Crippen LogP contribution is -2.29. The fourth-order valence-electron chi connectivity index (χ4n) is 2.14. The molecule has 1 rings (SSSR count). The molecule has 2 heteroatoms. The van der Waals surface area contributed by atoms with Crippen LogP contribution in [0.1, 0.15) is 40.5 Å². The molecule has 0 bridgehead atoms. The first-order valence-electron chi connectivity index (χ1n) is 5.31. The summed E-state index contributed by atoms with van der Waals surface area (Å²) in [6, 6.07) is 0. The van der Waals surface area contributed by atoms with Gasteiger partial charge in [-0.1, -0.05) is 19.9 Å². The zero-order valence-electron chi connectivity index (χ0n) is 9.89. The average Bonchev–Trinajstić information content (AvgIpc) is 2.12. The maximum absolute atomic E-state index is 11.9. The minimum Gasteiger partial charge on any atom is -0.295 e. The molecule has 0 spiro atoms. The summed E-state index contributed by atoms with van der Waals surface area (Å²) >= 11 is 0. The summed E-state index contributed by atoms with van der Waals surface area (Å²) in [5.74, 6) is 0.0928. The summed E-state index contributed by atoms with van der Waals surface area (Å²) in [5, 5.41) is 0. The van der Waals surface area contributed by atoms with Gasteiger partial charge in [0.15, 0.2) is 11.6 Å². The van der Waals surface area contributed by atoms with Gasteiger partial charge in [0.25, 0.3) is 0 Å². The highest BCUT2D eigenvalue weighted by Crippen LogP contribution is 2.39. The van der Waals surface area contributed by atoms with Crippen LogP contribution in [0.15, 0.2) is 23.3 Å². The Morgan fingerprint density at radius 1 is 1.40 bits per heavy atom. The van der Waals surface area contributed by atoms with Crippen LogP contribution in [0.3, 0.4) is 0 Å². The molecule has 0 aliphatic heterocycles. The van der Waals surface area contributed by atoms with Crippen LogP contribution in [0.25, 0.3) is 0 Å². The van der Waals surface area contributed by atoms with Crippen molar-refractivity contribution in [3.05, 3.63) is 23.3 Å². The van der Waals surface area contributed by atoms with E-state index in [2.05, 4.69) is 0 Å². The highest BCUT2D eigenvalue weighted by atomic mass is 16.1. The van der Waals surface area contributed by atoms with Crippen molar-refractivity contribution in [2.75, 3.05) is 0 Å². The second-order valence-corrected chi connectivity index (χ2v) is 4.67.